The van der Waals surface area contributed by atoms with Crippen LogP contribution in [0.5, 0.6) is 0 Å². The Bertz CT molecular complexity index is 37.1. The van der Waals surface area contributed by atoms with Crippen LogP contribution in [-0.2, 0) is 0 Å². The zero-order chi connectivity index (χ0) is 5.70. The van der Waals surface area contributed by atoms with E-state index in [0.29, 0.717) is 0 Å². The van der Waals surface area contributed by atoms with Crippen molar-refractivity contribution in [3.8, 4) is 0 Å². The molecule has 2 N–H and O–H groups in total. The van der Waals surface area contributed by atoms with Gasteiger partial charge in [-0.2, -0.15) is 0 Å². The second kappa shape index (κ2) is 4.60. The normalized spacial score (nSPS) is 14.1. The molecule has 1 nitrogen and oxygen atoms in total. The molecule has 1 unspecified atom stereocenters. The van der Waals surface area contributed by atoms with Gasteiger partial charge >= 0.3 is 0 Å². The molecule has 0 saturated carbocycles. The molecule has 0 aromatic carbocycles. The van der Waals surface area contributed by atoms with E-state index in [-0.39, 0.29) is 4.95 Å². The van der Waals surface area contributed by atoms with Gasteiger partial charge in [0.2, 0.25) is 0 Å². The van der Waals surface area contributed by atoms with Crippen LogP contribution in [0.3, 0.4) is 0 Å². The Kier molecular flexibility index (Phi) is 4.88. The molecule has 0 aromatic heterocycles. The number of hydrogen-bond donors (Lipinski definition) is 1. The molecule has 0 saturated heterocycles. The molecule has 0 spiro atoms. The summed E-state index contributed by atoms with van der Waals surface area (Å²) in [5, 5.41) is 0. The molecule has 0 fully saturated rings. The van der Waals surface area contributed by atoms with Crippen molar-refractivity contribution in [2.75, 3.05) is 0 Å². The molecule has 0 bridgehead atoms. The summed E-state index contributed by atoms with van der Waals surface area (Å²) in [7, 11) is 0. The Balaban J connectivity index is 2.68. The number of hydrogen-bond acceptors (Lipinski definition) is 1. The monoisotopic (exact) mass is 165 g/mol. The van der Waals surface area contributed by atoms with E-state index < -0.39 is 0 Å². The first-order valence-electron chi connectivity index (χ1n) is 2.67. The van der Waals surface area contributed by atoms with Gasteiger partial charge < -0.3 is 5.73 Å². The summed E-state index contributed by atoms with van der Waals surface area (Å²) >= 11 is 3.25. The Morgan fingerprint density at radius 2 is 2.29 bits per heavy atom. The molecule has 0 aliphatic rings. The highest BCUT2D eigenvalue weighted by Crippen LogP contribution is 2.01. The summed E-state index contributed by atoms with van der Waals surface area (Å²) in [4.78, 5) is 0.215. The summed E-state index contributed by atoms with van der Waals surface area (Å²) < 4.78 is 0. The standard InChI is InChI=1S/C5H12BrN/c1-2-3-4-5(6)7/h5H,2-4,7H2,1H3. The lowest BCUT2D eigenvalue weighted by Crippen LogP contribution is -2.09. The minimum Gasteiger partial charge on any atom is -0.319 e. The van der Waals surface area contributed by atoms with Gasteiger partial charge in [0, 0.05) is 0 Å². The summed E-state index contributed by atoms with van der Waals surface area (Å²) in [5.41, 5.74) is 5.40. The maximum absolute atomic E-state index is 5.40. The highest BCUT2D eigenvalue weighted by Gasteiger charge is 1.90. The van der Waals surface area contributed by atoms with Crippen LogP contribution in [0.1, 0.15) is 26.2 Å². The van der Waals surface area contributed by atoms with Crippen molar-refractivity contribution in [3.05, 3.63) is 0 Å². The molecule has 0 amide bonds. The second-order valence-electron chi connectivity index (χ2n) is 1.66. The van der Waals surface area contributed by atoms with Gasteiger partial charge in [-0.05, 0) is 6.42 Å². The van der Waals surface area contributed by atoms with Gasteiger partial charge in [-0.1, -0.05) is 35.7 Å². The third-order valence-electron chi connectivity index (χ3n) is 0.833. The van der Waals surface area contributed by atoms with Crippen molar-refractivity contribution in [2.45, 2.75) is 31.1 Å². The summed E-state index contributed by atoms with van der Waals surface area (Å²) in [6, 6.07) is 0. The number of rotatable bonds is 3. The molecule has 0 aliphatic carbocycles. The average Bonchev–Trinajstić information content (AvgIpc) is 1.61. The van der Waals surface area contributed by atoms with Gasteiger partial charge in [0.15, 0.2) is 0 Å². The van der Waals surface area contributed by atoms with E-state index in [1.54, 1.807) is 0 Å². The van der Waals surface area contributed by atoms with Gasteiger partial charge in [0.1, 0.15) is 0 Å². The van der Waals surface area contributed by atoms with Crippen LogP contribution in [0.4, 0.5) is 0 Å². The topological polar surface area (TPSA) is 26.0 Å². The number of halogens is 1. The Morgan fingerprint density at radius 1 is 1.71 bits per heavy atom. The second-order valence-corrected chi connectivity index (χ2v) is 2.83. The number of nitrogens with two attached hydrogens (primary N) is 1. The van der Waals surface area contributed by atoms with E-state index in [0.717, 1.165) is 6.42 Å². The van der Waals surface area contributed by atoms with Crippen molar-refractivity contribution in [1.29, 1.82) is 0 Å². The maximum atomic E-state index is 5.40. The summed E-state index contributed by atoms with van der Waals surface area (Å²) in [6.07, 6.45) is 3.56. The molecule has 1 atom stereocenters. The van der Waals surface area contributed by atoms with E-state index in [4.69, 9.17) is 5.73 Å². The summed E-state index contributed by atoms with van der Waals surface area (Å²) in [6.45, 7) is 2.16. The SMILES string of the molecule is CCCCC(N)Br. The minimum atomic E-state index is 0.215. The zero-order valence-corrected chi connectivity index (χ0v) is 6.24. The molecule has 0 radical (unpaired) electrons. The predicted molar refractivity (Wildman–Crippen MR) is 36.4 cm³/mol. The van der Waals surface area contributed by atoms with E-state index in [1.807, 2.05) is 0 Å². The molecular weight excluding hydrogens is 154 g/mol. The highest BCUT2D eigenvalue weighted by molar-refractivity contribution is 9.09. The van der Waals surface area contributed by atoms with Gasteiger partial charge in [-0.15, -0.1) is 0 Å². The van der Waals surface area contributed by atoms with Crippen molar-refractivity contribution < 1.29 is 0 Å². The lowest BCUT2D eigenvalue weighted by Gasteiger charge is -1.97. The Hall–Kier alpha value is 0.440. The van der Waals surface area contributed by atoms with Crippen LogP contribution >= 0.6 is 15.9 Å². The maximum Gasteiger partial charge on any atom is 0.0605 e. The van der Waals surface area contributed by atoms with Crippen LogP contribution in [-0.4, -0.2) is 4.95 Å². The van der Waals surface area contributed by atoms with E-state index in [2.05, 4.69) is 22.9 Å². The first-order chi connectivity index (χ1) is 3.27. The molecule has 7 heavy (non-hydrogen) atoms. The van der Waals surface area contributed by atoms with E-state index >= 15 is 0 Å². The smallest absolute Gasteiger partial charge is 0.0605 e. The molecule has 44 valence electrons. The Labute approximate surface area is 53.4 Å². The fourth-order valence-electron chi connectivity index (χ4n) is 0.399. The average molecular weight is 166 g/mol. The molecule has 0 rings (SSSR count). The molecule has 0 aromatic rings. The third kappa shape index (κ3) is 6.44. The van der Waals surface area contributed by atoms with E-state index in [1.165, 1.54) is 12.8 Å². The van der Waals surface area contributed by atoms with Gasteiger partial charge in [-0.3, -0.25) is 0 Å². The van der Waals surface area contributed by atoms with Crippen molar-refractivity contribution in [3.63, 3.8) is 0 Å². The molecular formula is C5H12BrN. The number of alkyl halides is 1. The van der Waals surface area contributed by atoms with Crippen LogP contribution in [0.2, 0.25) is 0 Å². The summed E-state index contributed by atoms with van der Waals surface area (Å²) in [5.74, 6) is 0. The first-order valence-corrected chi connectivity index (χ1v) is 3.58. The van der Waals surface area contributed by atoms with Gasteiger partial charge in [-0.25, -0.2) is 0 Å². The van der Waals surface area contributed by atoms with Crippen LogP contribution < -0.4 is 5.73 Å². The quantitative estimate of drug-likeness (QED) is 0.502. The fraction of sp³-hybridized carbons (Fsp3) is 1.00. The van der Waals surface area contributed by atoms with Gasteiger partial charge in [0.05, 0.1) is 4.95 Å². The lowest BCUT2D eigenvalue weighted by atomic mass is 10.3. The zero-order valence-electron chi connectivity index (χ0n) is 4.65. The molecule has 2 heteroatoms. The lowest BCUT2D eigenvalue weighted by molar-refractivity contribution is 0.705. The van der Waals surface area contributed by atoms with Gasteiger partial charge in [0.25, 0.3) is 0 Å². The minimum absolute atomic E-state index is 0.215. The highest BCUT2D eigenvalue weighted by atomic mass is 79.9. The molecule has 0 heterocycles. The number of unbranched alkanes of at least 4 members (excludes halogenated alkanes) is 1. The van der Waals surface area contributed by atoms with Crippen LogP contribution in [0.15, 0.2) is 0 Å². The van der Waals surface area contributed by atoms with E-state index in [9.17, 15) is 0 Å². The third-order valence-corrected chi connectivity index (χ3v) is 1.29. The Morgan fingerprint density at radius 3 is 2.43 bits per heavy atom. The van der Waals surface area contributed by atoms with Crippen molar-refractivity contribution in [1.82, 2.24) is 0 Å². The van der Waals surface area contributed by atoms with Crippen molar-refractivity contribution >= 4 is 15.9 Å². The van der Waals surface area contributed by atoms with Crippen LogP contribution in [0.25, 0.3) is 0 Å². The van der Waals surface area contributed by atoms with Crippen LogP contribution in [0, 0.1) is 0 Å². The first kappa shape index (κ1) is 7.44. The predicted octanol–water partition coefficient (Wildman–Crippen LogP) is 1.86. The largest absolute Gasteiger partial charge is 0.319 e. The fourth-order valence-corrected chi connectivity index (χ4v) is 0.723. The van der Waals surface area contributed by atoms with Crippen molar-refractivity contribution in [2.24, 2.45) is 5.73 Å². The molecule has 0 aliphatic heterocycles.